The highest BCUT2D eigenvalue weighted by molar-refractivity contribution is 7.00. The molecule has 0 aliphatic carbocycles. The Kier molecular flexibility index (Phi) is 4.17. The molecular formula is C20H16N6OS. The lowest BCUT2D eigenvalue weighted by molar-refractivity contribution is -0.120. The van der Waals surface area contributed by atoms with Crippen molar-refractivity contribution < 1.29 is 4.79 Å². The molecule has 0 spiro atoms. The van der Waals surface area contributed by atoms with Crippen LogP contribution >= 0.6 is 11.7 Å². The molecule has 8 heteroatoms. The van der Waals surface area contributed by atoms with E-state index >= 15 is 0 Å². The molecule has 2 aromatic heterocycles. The number of benzene rings is 2. The minimum atomic E-state index is -0.0861. The van der Waals surface area contributed by atoms with Crippen molar-refractivity contribution in [2.75, 3.05) is 23.3 Å². The second kappa shape index (κ2) is 6.97. The third-order valence-electron chi connectivity index (χ3n) is 4.84. The number of amides is 1. The van der Waals surface area contributed by atoms with Gasteiger partial charge in [-0.1, -0.05) is 36.4 Å². The van der Waals surface area contributed by atoms with Crippen LogP contribution < -0.4 is 10.2 Å². The lowest BCUT2D eigenvalue weighted by Gasteiger charge is -2.39. The smallest absolute Gasteiger partial charge is 0.231 e. The fourth-order valence-electron chi connectivity index (χ4n) is 3.26. The molecule has 1 aliphatic heterocycles. The number of nitrogens with one attached hydrogen (secondary N) is 1. The zero-order valence-corrected chi connectivity index (χ0v) is 15.6. The average Bonchev–Trinajstić information content (AvgIpc) is 3.18. The molecule has 1 N–H and O–H groups in total. The molecule has 2 aromatic carbocycles. The van der Waals surface area contributed by atoms with E-state index in [1.54, 1.807) is 6.33 Å². The van der Waals surface area contributed by atoms with Gasteiger partial charge in [-0.15, -0.1) is 0 Å². The predicted molar refractivity (Wildman–Crippen MR) is 109 cm³/mol. The van der Waals surface area contributed by atoms with E-state index in [-0.39, 0.29) is 11.8 Å². The summed E-state index contributed by atoms with van der Waals surface area (Å²) in [6, 6.07) is 17.6. The molecule has 4 aromatic rings. The number of carbonyl (C=O) groups excluding carboxylic acids is 1. The highest BCUT2D eigenvalue weighted by Gasteiger charge is 2.34. The average molecular weight is 388 g/mol. The summed E-state index contributed by atoms with van der Waals surface area (Å²) >= 11 is 1.15. The van der Waals surface area contributed by atoms with Gasteiger partial charge in [0.05, 0.1) is 29.0 Å². The highest BCUT2D eigenvalue weighted by Crippen LogP contribution is 2.28. The Morgan fingerprint density at radius 1 is 1.04 bits per heavy atom. The van der Waals surface area contributed by atoms with Crippen molar-refractivity contribution >= 4 is 40.2 Å². The first kappa shape index (κ1) is 16.8. The number of anilines is 2. The predicted octanol–water partition coefficient (Wildman–Crippen LogP) is 3.22. The molecule has 1 fully saturated rings. The summed E-state index contributed by atoms with van der Waals surface area (Å²) in [6.45, 7) is 1.25. The van der Waals surface area contributed by atoms with Gasteiger partial charge < -0.3 is 10.2 Å². The minimum Gasteiger partial charge on any atom is -0.355 e. The lowest BCUT2D eigenvalue weighted by Crippen LogP contribution is -2.52. The monoisotopic (exact) mass is 388 g/mol. The molecule has 1 aliphatic rings. The maximum absolute atomic E-state index is 12.6. The van der Waals surface area contributed by atoms with Gasteiger partial charge in [-0.05, 0) is 12.1 Å². The van der Waals surface area contributed by atoms with Crippen LogP contribution in [0.3, 0.4) is 0 Å². The van der Waals surface area contributed by atoms with E-state index in [0.29, 0.717) is 18.8 Å². The van der Waals surface area contributed by atoms with E-state index < -0.39 is 0 Å². The van der Waals surface area contributed by atoms with Crippen molar-refractivity contribution in [1.29, 1.82) is 0 Å². The number of aromatic nitrogens is 4. The molecule has 0 atom stereocenters. The van der Waals surface area contributed by atoms with Gasteiger partial charge in [0.1, 0.15) is 23.2 Å². The van der Waals surface area contributed by atoms with E-state index in [1.165, 1.54) is 0 Å². The number of carbonyl (C=O) groups is 1. The van der Waals surface area contributed by atoms with Gasteiger partial charge in [0.25, 0.3) is 0 Å². The third-order valence-corrected chi connectivity index (χ3v) is 5.38. The van der Waals surface area contributed by atoms with E-state index in [9.17, 15) is 4.79 Å². The first-order valence-electron chi connectivity index (χ1n) is 8.92. The van der Waals surface area contributed by atoms with Gasteiger partial charge in [-0.3, -0.25) is 4.79 Å². The quantitative estimate of drug-likeness (QED) is 0.578. The molecule has 0 unspecified atom stereocenters. The summed E-state index contributed by atoms with van der Waals surface area (Å²) in [5.41, 5.74) is 4.17. The molecule has 28 heavy (non-hydrogen) atoms. The van der Waals surface area contributed by atoms with Crippen molar-refractivity contribution in [3.63, 3.8) is 0 Å². The van der Waals surface area contributed by atoms with Crippen molar-refractivity contribution in [3.05, 3.63) is 60.9 Å². The summed E-state index contributed by atoms with van der Waals surface area (Å²) in [5, 5.41) is 2.99. The van der Waals surface area contributed by atoms with Gasteiger partial charge in [-0.2, -0.15) is 8.75 Å². The zero-order valence-electron chi connectivity index (χ0n) is 14.8. The van der Waals surface area contributed by atoms with Crippen LogP contribution in [-0.2, 0) is 4.79 Å². The fraction of sp³-hybridized carbons (Fsp3) is 0.150. The molecule has 5 rings (SSSR count). The molecule has 3 heterocycles. The topological polar surface area (TPSA) is 83.9 Å². The Balaban J connectivity index is 1.26. The second-order valence-corrected chi connectivity index (χ2v) is 7.18. The van der Waals surface area contributed by atoms with E-state index in [4.69, 9.17) is 0 Å². The number of nitrogens with zero attached hydrogens (tertiary/aromatic N) is 5. The molecule has 1 amide bonds. The first-order chi connectivity index (χ1) is 13.8. The standard InChI is InChI=1S/C20H16N6OS/c27-20(23-15-7-4-8-16-19(15)25-28-24-16)14-10-26(11-14)18-9-17(21-12-22-18)13-5-2-1-3-6-13/h1-9,12,14H,10-11H2,(H,23,27). The lowest BCUT2D eigenvalue weighted by atomic mass is 9.98. The van der Waals surface area contributed by atoms with Gasteiger partial charge in [0, 0.05) is 24.7 Å². The molecular weight excluding hydrogens is 372 g/mol. The molecule has 0 radical (unpaired) electrons. The van der Waals surface area contributed by atoms with Crippen molar-refractivity contribution in [1.82, 2.24) is 18.7 Å². The van der Waals surface area contributed by atoms with Crippen LogP contribution in [0.4, 0.5) is 11.5 Å². The molecule has 138 valence electrons. The summed E-state index contributed by atoms with van der Waals surface area (Å²) in [7, 11) is 0. The van der Waals surface area contributed by atoms with Crippen molar-refractivity contribution in [3.8, 4) is 11.3 Å². The highest BCUT2D eigenvalue weighted by atomic mass is 32.1. The Hall–Kier alpha value is -3.39. The Morgan fingerprint density at radius 3 is 2.75 bits per heavy atom. The van der Waals surface area contributed by atoms with Crippen LogP contribution in [-0.4, -0.2) is 37.7 Å². The molecule has 0 bridgehead atoms. The maximum Gasteiger partial charge on any atom is 0.231 e. The minimum absolute atomic E-state index is 0.00547. The second-order valence-electron chi connectivity index (χ2n) is 6.66. The van der Waals surface area contributed by atoms with Gasteiger partial charge in [0.15, 0.2) is 0 Å². The first-order valence-corrected chi connectivity index (χ1v) is 9.65. The SMILES string of the molecule is O=C(Nc1cccc2nsnc12)C1CN(c2cc(-c3ccccc3)ncn2)C1. The number of hydrogen-bond donors (Lipinski definition) is 1. The zero-order chi connectivity index (χ0) is 18.9. The van der Waals surface area contributed by atoms with E-state index in [0.717, 1.165) is 39.8 Å². The van der Waals surface area contributed by atoms with Crippen LogP contribution in [0.25, 0.3) is 22.3 Å². The Bertz CT molecular complexity index is 1140. The van der Waals surface area contributed by atoms with E-state index in [1.807, 2.05) is 54.6 Å². The number of fused-ring (bicyclic) bond motifs is 1. The van der Waals surface area contributed by atoms with E-state index in [2.05, 4.69) is 28.9 Å². The Labute approximate surface area is 165 Å². The fourth-order valence-corrected chi connectivity index (χ4v) is 3.81. The van der Waals surface area contributed by atoms with Crippen LogP contribution in [0.5, 0.6) is 0 Å². The number of rotatable bonds is 4. The normalized spacial score (nSPS) is 14.1. The maximum atomic E-state index is 12.6. The van der Waals surface area contributed by atoms with Crippen LogP contribution in [0, 0.1) is 5.92 Å². The summed E-state index contributed by atoms with van der Waals surface area (Å²) in [6.07, 6.45) is 1.57. The Morgan fingerprint density at radius 2 is 1.89 bits per heavy atom. The van der Waals surface area contributed by atoms with Crippen molar-refractivity contribution in [2.24, 2.45) is 5.92 Å². The van der Waals surface area contributed by atoms with Gasteiger partial charge in [-0.25, -0.2) is 9.97 Å². The molecule has 1 saturated heterocycles. The summed E-state index contributed by atoms with van der Waals surface area (Å²) < 4.78 is 8.47. The molecule has 7 nitrogen and oxygen atoms in total. The largest absolute Gasteiger partial charge is 0.355 e. The third kappa shape index (κ3) is 3.07. The summed E-state index contributed by atoms with van der Waals surface area (Å²) in [4.78, 5) is 23.4. The van der Waals surface area contributed by atoms with Crippen LogP contribution in [0.2, 0.25) is 0 Å². The van der Waals surface area contributed by atoms with Gasteiger partial charge >= 0.3 is 0 Å². The molecule has 0 saturated carbocycles. The van der Waals surface area contributed by atoms with Gasteiger partial charge in [0.2, 0.25) is 5.91 Å². The van der Waals surface area contributed by atoms with Crippen LogP contribution in [0.15, 0.2) is 60.9 Å². The van der Waals surface area contributed by atoms with Crippen molar-refractivity contribution in [2.45, 2.75) is 0 Å². The summed E-state index contributed by atoms with van der Waals surface area (Å²) in [5.74, 6) is 0.745. The number of hydrogen-bond acceptors (Lipinski definition) is 7. The van der Waals surface area contributed by atoms with Crippen LogP contribution in [0.1, 0.15) is 0 Å².